The van der Waals surface area contributed by atoms with Crippen LogP contribution in [0.15, 0.2) is 60.1 Å². The highest BCUT2D eigenvalue weighted by atomic mass is 32.1. The summed E-state index contributed by atoms with van der Waals surface area (Å²) in [6.45, 7) is 0. The van der Waals surface area contributed by atoms with E-state index in [0.29, 0.717) is 22.8 Å². The van der Waals surface area contributed by atoms with Crippen molar-refractivity contribution >= 4 is 55.5 Å². The van der Waals surface area contributed by atoms with Crippen molar-refractivity contribution < 1.29 is 9.59 Å². The van der Waals surface area contributed by atoms with Crippen molar-refractivity contribution in [1.82, 2.24) is 9.97 Å². The molecule has 0 radical (unpaired) electrons. The van der Waals surface area contributed by atoms with Gasteiger partial charge < -0.3 is 5.32 Å². The molecule has 0 atom stereocenters. The number of fused-ring (bicyclic) bond motifs is 1. The van der Waals surface area contributed by atoms with Gasteiger partial charge in [0.2, 0.25) is 5.91 Å². The summed E-state index contributed by atoms with van der Waals surface area (Å²) in [5, 5.41) is 9.00. The van der Waals surface area contributed by atoms with Gasteiger partial charge >= 0.3 is 0 Å². The molecule has 2 heterocycles. The minimum Gasteiger partial charge on any atom is -0.326 e. The molecule has 2 aromatic carbocycles. The molecule has 8 heteroatoms. The maximum atomic E-state index is 12.2. The second-order valence-corrected chi connectivity index (χ2v) is 8.36. The Morgan fingerprint density at radius 2 is 1.83 bits per heavy atom. The Bertz CT molecular complexity index is 1090. The number of thiazole rings is 2. The maximum Gasteiger partial charge on any atom is 0.257 e. The largest absolute Gasteiger partial charge is 0.326 e. The van der Waals surface area contributed by atoms with Crippen molar-refractivity contribution in [3.8, 4) is 0 Å². The summed E-state index contributed by atoms with van der Waals surface area (Å²) in [6, 6.07) is 14.9. The van der Waals surface area contributed by atoms with Crippen molar-refractivity contribution in [2.75, 3.05) is 10.6 Å². The van der Waals surface area contributed by atoms with Gasteiger partial charge in [-0.15, -0.1) is 22.7 Å². The Morgan fingerprint density at radius 1 is 1.00 bits per heavy atom. The Hall–Kier alpha value is -3.10. The molecule has 4 aromatic rings. The molecule has 0 bridgehead atoms. The van der Waals surface area contributed by atoms with E-state index in [-0.39, 0.29) is 11.8 Å². The van der Waals surface area contributed by atoms with E-state index >= 15 is 0 Å². The first-order valence-corrected chi connectivity index (χ1v) is 10.8. The molecule has 0 fully saturated rings. The molecule has 2 N–H and O–H groups in total. The molecule has 29 heavy (non-hydrogen) atoms. The number of hydrogen-bond acceptors (Lipinski definition) is 6. The van der Waals surface area contributed by atoms with Gasteiger partial charge in [-0.3, -0.25) is 14.9 Å². The zero-order valence-corrected chi connectivity index (χ0v) is 17.1. The van der Waals surface area contributed by atoms with Gasteiger partial charge in [-0.25, -0.2) is 9.97 Å². The first-order chi connectivity index (χ1) is 14.2. The molecule has 6 nitrogen and oxygen atoms in total. The van der Waals surface area contributed by atoms with Crippen LogP contribution in [0.25, 0.3) is 10.2 Å². The number of para-hydroxylation sites is 1. The van der Waals surface area contributed by atoms with Crippen molar-refractivity contribution in [1.29, 1.82) is 0 Å². The summed E-state index contributed by atoms with van der Waals surface area (Å²) in [6.07, 6.45) is 3.57. The molecule has 0 spiro atoms. The number of aromatic nitrogens is 2. The summed E-state index contributed by atoms with van der Waals surface area (Å²) >= 11 is 3.03. The second-order valence-electron chi connectivity index (χ2n) is 6.35. The minimum atomic E-state index is -0.228. The molecule has 0 aliphatic heterocycles. The van der Waals surface area contributed by atoms with E-state index in [2.05, 4.69) is 26.7 Å². The van der Waals surface area contributed by atoms with Crippen LogP contribution in [0.4, 0.5) is 10.8 Å². The van der Waals surface area contributed by atoms with Gasteiger partial charge in [0.05, 0.1) is 15.2 Å². The van der Waals surface area contributed by atoms with Gasteiger partial charge in [0, 0.05) is 29.2 Å². The molecule has 0 aliphatic rings. The molecule has 0 saturated heterocycles. The highest BCUT2D eigenvalue weighted by molar-refractivity contribution is 7.18. The number of carbonyl (C=O) groups is 2. The lowest BCUT2D eigenvalue weighted by Crippen LogP contribution is -2.13. The summed E-state index contributed by atoms with van der Waals surface area (Å²) in [5.41, 5.74) is 2.19. The summed E-state index contributed by atoms with van der Waals surface area (Å²) in [7, 11) is 0. The number of nitrogens with zero attached hydrogens (tertiary/aromatic N) is 2. The number of benzene rings is 2. The predicted molar refractivity (Wildman–Crippen MR) is 118 cm³/mol. The van der Waals surface area contributed by atoms with Gasteiger partial charge in [-0.1, -0.05) is 12.1 Å². The van der Waals surface area contributed by atoms with Crippen LogP contribution in [0.2, 0.25) is 0 Å². The van der Waals surface area contributed by atoms with Gasteiger partial charge in [0.1, 0.15) is 0 Å². The number of hydrogen-bond donors (Lipinski definition) is 2. The summed E-state index contributed by atoms with van der Waals surface area (Å²) in [5.74, 6) is -0.278. The molecule has 2 amide bonds. The van der Waals surface area contributed by atoms with Crippen molar-refractivity contribution in [3.63, 3.8) is 0 Å². The van der Waals surface area contributed by atoms with E-state index in [1.807, 2.05) is 18.2 Å². The van der Waals surface area contributed by atoms with E-state index < -0.39 is 0 Å². The van der Waals surface area contributed by atoms with Crippen LogP contribution in [-0.2, 0) is 11.2 Å². The third-order valence-electron chi connectivity index (χ3n) is 4.22. The highest BCUT2D eigenvalue weighted by Gasteiger charge is 2.09. The number of rotatable bonds is 7. The van der Waals surface area contributed by atoms with Crippen LogP contribution in [0.3, 0.4) is 0 Å². The molecule has 0 saturated carbocycles. The van der Waals surface area contributed by atoms with Crippen LogP contribution < -0.4 is 10.6 Å². The van der Waals surface area contributed by atoms with Crippen LogP contribution in [0.5, 0.6) is 0 Å². The first kappa shape index (κ1) is 19.2. The molecule has 0 unspecified atom stereocenters. The van der Waals surface area contributed by atoms with Crippen LogP contribution >= 0.6 is 22.7 Å². The van der Waals surface area contributed by atoms with E-state index in [4.69, 9.17) is 0 Å². The fourth-order valence-corrected chi connectivity index (χ4v) is 4.34. The molecule has 4 rings (SSSR count). The first-order valence-electron chi connectivity index (χ1n) is 9.12. The SMILES string of the molecule is O=C(CCCc1nc2ccccc2s1)Nc1ccc(C(=O)Nc2nccs2)cc1. The Morgan fingerprint density at radius 3 is 2.59 bits per heavy atom. The molecule has 2 aromatic heterocycles. The summed E-state index contributed by atoms with van der Waals surface area (Å²) in [4.78, 5) is 33.0. The standard InChI is InChI=1S/C21H18N4O2S2/c26-18(6-3-7-19-24-16-4-1-2-5-17(16)29-19)23-15-10-8-14(9-11-15)20(27)25-21-22-12-13-28-21/h1-2,4-5,8-13H,3,6-7H2,(H,23,26)(H,22,25,27). The van der Waals surface area contributed by atoms with Gasteiger partial charge in [-0.05, 0) is 49.2 Å². The quantitative estimate of drug-likeness (QED) is 0.441. The van der Waals surface area contributed by atoms with Crippen LogP contribution in [-0.4, -0.2) is 21.8 Å². The zero-order chi connectivity index (χ0) is 20.1. The Labute approximate surface area is 175 Å². The normalized spacial score (nSPS) is 10.8. The second kappa shape index (κ2) is 8.93. The van der Waals surface area contributed by atoms with Crippen LogP contribution in [0, 0.1) is 0 Å². The van der Waals surface area contributed by atoms with Gasteiger partial charge in [0.15, 0.2) is 5.13 Å². The lowest BCUT2D eigenvalue weighted by molar-refractivity contribution is -0.116. The van der Waals surface area contributed by atoms with Crippen molar-refractivity contribution in [2.24, 2.45) is 0 Å². The number of amides is 2. The molecule has 0 aliphatic carbocycles. The smallest absolute Gasteiger partial charge is 0.257 e. The van der Waals surface area contributed by atoms with E-state index in [9.17, 15) is 9.59 Å². The Balaban J connectivity index is 1.25. The van der Waals surface area contributed by atoms with Crippen LogP contribution in [0.1, 0.15) is 28.2 Å². The number of aryl methyl sites for hydroxylation is 1. The fraction of sp³-hybridized carbons (Fsp3) is 0.143. The van der Waals surface area contributed by atoms with Gasteiger partial charge in [-0.2, -0.15) is 0 Å². The third kappa shape index (κ3) is 5.04. The topological polar surface area (TPSA) is 84.0 Å². The average molecular weight is 423 g/mol. The number of carbonyl (C=O) groups excluding carboxylic acids is 2. The third-order valence-corrected chi connectivity index (χ3v) is 6.00. The van der Waals surface area contributed by atoms with E-state index in [1.54, 1.807) is 47.2 Å². The lowest BCUT2D eigenvalue weighted by atomic mass is 10.2. The summed E-state index contributed by atoms with van der Waals surface area (Å²) < 4.78 is 1.17. The van der Waals surface area contributed by atoms with Crippen molar-refractivity contribution in [2.45, 2.75) is 19.3 Å². The lowest BCUT2D eigenvalue weighted by Gasteiger charge is -2.06. The number of nitrogens with one attached hydrogen (secondary N) is 2. The zero-order valence-electron chi connectivity index (χ0n) is 15.4. The van der Waals surface area contributed by atoms with Gasteiger partial charge in [0.25, 0.3) is 5.91 Å². The predicted octanol–water partition coefficient (Wildman–Crippen LogP) is 4.97. The number of anilines is 2. The average Bonchev–Trinajstić information content (AvgIpc) is 3.37. The maximum absolute atomic E-state index is 12.2. The fourth-order valence-electron chi connectivity index (χ4n) is 2.81. The minimum absolute atomic E-state index is 0.0499. The van der Waals surface area contributed by atoms with Crippen molar-refractivity contribution in [3.05, 3.63) is 70.7 Å². The molecular weight excluding hydrogens is 404 g/mol. The Kier molecular flexibility index (Phi) is 5.92. The monoisotopic (exact) mass is 422 g/mol. The highest BCUT2D eigenvalue weighted by Crippen LogP contribution is 2.23. The molecular formula is C21H18N4O2S2. The molecule has 146 valence electrons. The van der Waals surface area contributed by atoms with E-state index in [0.717, 1.165) is 23.4 Å². The van der Waals surface area contributed by atoms with E-state index in [1.165, 1.54) is 16.0 Å².